The number of aromatic nitrogens is 1. The summed E-state index contributed by atoms with van der Waals surface area (Å²) in [7, 11) is 0. The lowest BCUT2D eigenvalue weighted by molar-refractivity contribution is 0.0948. The summed E-state index contributed by atoms with van der Waals surface area (Å²) in [4.78, 5) is 15.8. The molecule has 0 saturated heterocycles. The predicted octanol–water partition coefficient (Wildman–Crippen LogP) is 2.85. The first-order valence-electron chi connectivity index (χ1n) is 8.81. The number of amides is 1. The Morgan fingerprint density at radius 1 is 1.17 bits per heavy atom. The number of ether oxygens (including phenoxy) is 1. The number of carbonyl (C=O) groups is 1. The molecule has 29 heavy (non-hydrogen) atoms. The van der Waals surface area contributed by atoms with Gasteiger partial charge in [-0.3, -0.25) is 4.79 Å². The molecule has 0 saturated carbocycles. The molecule has 0 unspecified atom stereocenters. The molecule has 0 aliphatic rings. The Bertz CT molecular complexity index is 1090. The van der Waals surface area contributed by atoms with Gasteiger partial charge in [-0.2, -0.15) is 5.26 Å². The van der Waals surface area contributed by atoms with Crippen LogP contribution in [0.15, 0.2) is 54.6 Å². The third kappa shape index (κ3) is 4.58. The summed E-state index contributed by atoms with van der Waals surface area (Å²) in [5.74, 6) is 0.463. The first-order valence-corrected chi connectivity index (χ1v) is 8.81. The first-order chi connectivity index (χ1) is 13.9. The number of aliphatic hydroxyl groups excluding tert-OH is 2. The standard InChI is InChI=1S/C22H19N3O4/c1-13-8-18(7-4-15(13)11-23)29-17-5-2-14(3-6-17)19-9-16(21(27)12-26)10-20(25-19)22(24)28/h2-10,21,26-27H,12H2,1H3,(H2,24,28)/t21-/m1/s1. The van der Waals surface area contributed by atoms with Gasteiger partial charge in [0.15, 0.2) is 0 Å². The van der Waals surface area contributed by atoms with Crippen molar-refractivity contribution in [3.8, 4) is 28.8 Å². The summed E-state index contributed by atoms with van der Waals surface area (Å²) in [6, 6.07) is 17.3. The number of pyridine rings is 1. The second-order valence-corrected chi connectivity index (χ2v) is 6.45. The number of aryl methyl sites for hydroxylation is 1. The average molecular weight is 389 g/mol. The van der Waals surface area contributed by atoms with Crippen LogP contribution in [0.3, 0.4) is 0 Å². The molecule has 0 aliphatic heterocycles. The lowest BCUT2D eigenvalue weighted by Crippen LogP contribution is -2.15. The van der Waals surface area contributed by atoms with Gasteiger partial charge in [0.05, 0.1) is 23.9 Å². The summed E-state index contributed by atoms with van der Waals surface area (Å²) < 4.78 is 5.81. The average Bonchev–Trinajstić information content (AvgIpc) is 2.73. The van der Waals surface area contributed by atoms with Gasteiger partial charge in [0.25, 0.3) is 5.91 Å². The summed E-state index contributed by atoms with van der Waals surface area (Å²) in [6.07, 6.45) is -1.14. The number of hydrogen-bond acceptors (Lipinski definition) is 6. The molecule has 0 aliphatic carbocycles. The summed E-state index contributed by atoms with van der Waals surface area (Å²) >= 11 is 0. The molecule has 1 atom stereocenters. The van der Waals surface area contributed by atoms with Crippen LogP contribution in [-0.4, -0.2) is 27.7 Å². The minimum absolute atomic E-state index is 0.00150. The van der Waals surface area contributed by atoms with Crippen molar-refractivity contribution in [3.63, 3.8) is 0 Å². The number of carbonyl (C=O) groups excluding carboxylic acids is 1. The van der Waals surface area contributed by atoms with Crippen molar-refractivity contribution < 1.29 is 19.7 Å². The maximum Gasteiger partial charge on any atom is 0.267 e. The molecular weight excluding hydrogens is 370 g/mol. The molecule has 1 aromatic heterocycles. The van der Waals surface area contributed by atoms with Crippen LogP contribution in [0, 0.1) is 18.3 Å². The number of aliphatic hydroxyl groups is 2. The summed E-state index contributed by atoms with van der Waals surface area (Å²) in [6.45, 7) is 1.35. The fourth-order valence-electron chi connectivity index (χ4n) is 2.78. The number of rotatable bonds is 6. The number of benzene rings is 2. The van der Waals surface area contributed by atoms with Gasteiger partial charge in [0.2, 0.25) is 0 Å². The Balaban J connectivity index is 1.88. The van der Waals surface area contributed by atoms with Crippen LogP contribution in [0.5, 0.6) is 11.5 Å². The molecule has 0 radical (unpaired) electrons. The minimum Gasteiger partial charge on any atom is -0.457 e. The van der Waals surface area contributed by atoms with Crippen molar-refractivity contribution in [1.29, 1.82) is 5.26 Å². The van der Waals surface area contributed by atoms with Crippen molar-refractivity contribution in [2.45, 2.75) is 13.0 Å². The van der Waals surface area contributed by atoms with Crippen molar-refractivity contribution >= 4 is 5.91 Å². The smallest absolute Gasteiger partial charge is 0.267 e. The van der Waals surface area contributed by atoms with Crippen molar-refractivity contribution in [1.82, 2.24) is 4.98 Å². The molecular formula is C22H19N3O4. The highest BCUT2D eigenvalue weighted by Gasteiger charge is 2.14. The number of primary amides is 1. The Morgan fingerprint density at radius 3 is 2.45 bits per heavy atom. The number of nitrogens with zero attached hydrogens (tertiary/aromatic N) is 2. The van der Waals surface area contributed by atoms with E-state index in [9.17, 15) is 15.0 Å². The van der Waals surface area contributed by atoms with Crippen LogP contribution in [0.4, 0.5) is 0 Å². The van der Waals surface area contributed by atoms with Gasteiger partial charge in [-0.25, -0.2) is 4.98 Å². The van der Waals surface area contributed by atoms with Gasteiger partial charge in [0, 0.05) is 5.56 Å². The SMILES string of the molecule is Cc1cc(Oc2ccc(-c3cc([C@H](O)CO)cc(C(N)=O)n3)cc2)ccc1C#N. The van der Waals surface area contributed by atoms with Crippen molar-refractivity contribution in [2.75, 3.05) is 6.61 Å². The van der Waals surface area contributed by atoms with E-state index < -0.39 is 18.6 Å². The van der Waals surface area contributed by atoms with Gasteiger partial charge in [-0.1, -0.05) is 0 Å². The second-order valence-electron chi connectivity index (χ2n) is 6.45. The highest BCUT2D eigenvalue weighted by atomic mass is 16.5. The monoisotopic (exact) mass is 389 g/mol. The van der Waals surface area contributed by atoms with Gasteiger partial charge >= 0.3 is 0 Å². The zero-order valence-corrected chi connectivity index (χ0v) is 15.7. The predicted molar refractivity (Wildman–Crippen MR) is 106 cm³/mol. The van der Waals surface area contributed by atoms with E-state index in [0.29, 0.717) is 33.9 Å². The fraction of sp³-hybridized carbons (Fsp3) is 0.136. The van der Waals surface area contributed by atoms with E-state index in [1.807, 2.05) is 6.92 Å². The van der Waals surface area contributed by atoms with E-state index in [0.717, 1.165) is 5.56 Å². The van der Waals surface area contributed by atoms with Gasteiger partial charge in [-0.05, 0) is 72.6 Å². The zero-order chi connectivity index (χ0) is 21.0. The van der Waals surface area contributed by atoms with Crippen LogP contribution in [-0.2, 0) is 0 Å². The van der Waals surface area contributed by atoms with Crippen LogP contribution in [0.25, 0.3) is 11.3 Å². The summed E-state index contributed by atoms with van der Waals surface area (Å²) in [5.41, 5.74) is 8.21. The van der Waals surface area contributed by atoms with E-state index in [4.69, 9.17) is 15.7 Å². The van der Waals surface area contributed by atoms with E-state index in [1.54, 1.807) is 48.5 Å². The molecule has 3 rings (SSSR count). The molecule has 1 amide bonds. The van der Waals surface area contributed by atoms with E-state index in [1.165, 1.54) is 6.07 Å². The minimum atomic E-state index is -1.14. The molecule has 0 fully saturated rings. The maximum absolute atomic E-state index is 11.6. The van der Waals surface area contributed by atoms with E-state index in [2.05, 4.69) is 11.1 Å². The van der Waals surface area contributed by atoms with Gasteiger partial charge < -0.3 is 20.7 Å². The molecule has 7 nitrogen and oxygen atoms in total. The highest BCUT2D eigenvalue weighted by Crippen LogP contribution is 2.28. The number of nitrogens with two attached hydrogens (primary N) is 1. The first kappa shape index (κ1) is 20.0. The molecule has 0 spiro atoms. The van der Waals surface area contributed by atoms with E-state index in [-0.39, 0.29) is 5.69 Å². The molecule has 7 heteroatoms. The van der Waals surface area contributed by atoms with Crippen LogP contribution in [0.2, 0.25) is 0 Å². The highest BCUT2D eigenvalue weighted by molar-refractivity contribution is 5.91. The molecule has 146 valence electrons. The third-order valence-corrected chi connectivity index (χ3v) is 4.36. The lowest BCUT2D eigenvalue weighted by Gasteiger charge is -2.12. The topological polar surface area (TPSA) is 129 Å². The molecule has 3 aromatic rings. The number of nitriles is 1. The Kier molecular flexibility index (Phi) is 5.88. The van der Waals surface area contributed by atoms with Gasteiger partial charge in [-0.15, -0.1) is 0 Å². The van der Waals surface area contributed by atoms with Gasteiger partial charge in [0.1, 0.15) is 23.3 Å². The molecule has 0 bridgehead atoms. The van der Waals surface area contributed by atoms with Crippen LogP contribution >= 0.6 is 0 Å². The lowest BCUT2D eigenvalue weighted by atomic mass is 10.0. The summed E-state index contributed by atoms with van der Waals surface area (Å²) in [5, 5.41) is 28.1. The normalized spacial score (nSPS) is 11.5. The zero-order valence-electron chi connectivity index (χ0n) is 15.7. The number of hydrogen-bond donors (Lipinski definition) is 3. The quantitative estimate of drug-likeness (QED) is 0.594. The second kappa shape index (κ2) is 8.52. The third-order valence-electron chi connectivity index (χ3n) is 4.36. The fourth-order valence-corrected chi connectivity index (χ4v) is 2.78. The largest absolute Gasteiger partial charge is 0.457 e. The van der Waals surface area contributed by atoms with Crippen LogP contribution < -0.4 is 10.5 Å². The van der Waals surface area contributed by atoms with Crippen molar-refractivity contribution in [2.24, 2.45) is 5.73 Å². The Labute approximate surface area is 167 Å². The maximum atomic E-state index is 11.6. The van der Waals surface area contributed by atoms with Crippen molar-refractivity contribution in [3.05, 3.63) is 77.0 Å². The molecule has 2 aromatic carbocycles. The van der Waals surface area contributed by atoms with E-state index >= 15 is 0 Å². The molecule has 4 N–H and O–H groups in total. The Morgan fingerprint density at radius 2 is 1.86 bits per heavy atom. The molecule has 1 heterocycles. The Hall–Kier alpha value is -3.73. The van der Waals surface area contributed by atoms with Crippen LogP contribution in [0.1, 0.15) is 33.3 Å².